The van der Waals surface area contributed by atoms with Gasteiger partial charge in [0.1, 0.15) is 17.4 Å². The van der Waals surface area contributed by atoms with Crippen LogP contribution in [0.2, 0.25) is 0 Å². The molecule has 2 aromatic carbocycles. The van der Waals surface area contributed by atoms with Crippen molar-refractivity contribution in [1.82, 2.24) is 19.4 Å². The lowest BCUT2D eigenvalue weighted by atomic mass is 10.1. The Balaban J connectivity index is 1.28. The van der Waals surface area contributed by atoms with E-state index in [0.29, 0.717) is 37.9 Å². The summed E-state index contributed by atoms with van der Waals surface area (Å²) < 4.78 is 13.2. The summed E-state index contributed by atoms with van der Waals surface area (Å²) >= 11 is 0. The van der Waals surface area contributed by atoms with E-state index in [1.807, 2.05) is 44.3 Å². The van der Waals surface area contributed by atoms with Gasteiger partial charge in [-0.15, -0.1) is 0 Å². The largest absolute Gasteiger partial charge is 0.484 e. The number of morpholine rings is 1. The molecule has 1 amide bonds. The van der Waals surface area contributed by atoms with Crippen molar-refractivity contribution in [2.45, 2.75) is 19.9 Å². The second-order valence-corrected chi connectivity index (χ2v) is 9.11. The number of rotatable bonds is 7. The van der Waals surface area contributed by atoms with Gasteiger partial charge in [-0.3, -0.25) is 4.79 Å². The van der Waals surface area contributed by atoms with E-state index in [1.54, 1.807) is 4.90 Å². The molecule has 1 unspecified atom stereocenters. The average molecular weight is 486 g/mol. The Labute approximate surface area is 210 Å². The van der Waals surface area contributed by atoms with E-state index in [-0.39, 0.29) is 18.6 Å². The molecule has 8 heteroatoms. The predicted octanol–water partition coefficient (Wildman–Crippen LogP) is 4.35. The summed E-state index contributed by atoms with van der Waals surface area (Å²) in [4.78, 5) is 23.5. The number of hydrogen-bond acceptors (Lipinski definition) is 6. The molecule has 36 heavy (non-hydrogen) atoms. The van der Waals surface area contributed by atoms with Crippen LogP contribution in [-0.2, 0) is 16.6 Å². The zero-order valence-corrected chi connectivity index (χ0v) is 20.9. The van der Waals surface area contributed by atoms with Gasteiger partial charge in [0.25, 0.3) is 5.91 Å². The third-order valence-electron chi connectivity index (χ3n) is 6.47. The first-order chi connectivity index (χ1) is 17.5. The first-order valence-corrected chi connectivity index (χ1v) is 12.2. The van der Waals surface area contributed by atoms with Gasteiger partial charge in [0.05, 0.1) is 24.9 Å². The third-order valence-corrected chi connectivity index (χ3v) is 6.47. The van der Waals surface area contributed by atoms with Crippen LogP contribution in [0.1, 0.15) is 24.4 Å². The summed E-state index contributed by atoms with van der Waals surface area (Å²) in [7, 11) is 2.04. The normalized spacial score (nSPS) is 14.6. The van der Waals surface area contributed by atoms with Gasteiger partial charge in [0, 0.05) is 43.5 Å². The van der Waals surface area contributed by atoms with Crippen molar-refractivity contribution in [2.24, 2.45) is 7.05 Å². The number of aryl methyl sites for hydroxylation is 2. The molecule has 1 aliphatic rings. The van der Waals surface area contributed by atoms with Crippen LogP contribution in [0.5, 0.6) is 5.75 Å². The van der Waals surface area contributed by atoms with Gasteiger partial charge in [-0.25, -0.2) is 9.97 Å². The smallest absolute Gasteiger partial charge is 0.260 e. The zero-order valence-electron chi connectivity index (χ0n) is 20.9. The fraction of sp³-hybridized carbons (Fsp3) is 0.321. The number of anilines is 1. The summed E-state index contributed by atoms with van der Waals surface area (Å²) in [5, 5.41) is 4.70. The number of carbonyl (C=O) groups excluding carboxylic acids is 1. The van der Waals surface area contributed by atoms with Crippen molar-refractivity contribution in [3.05, 3.63) is 72.2 Å². The van der Waals surface area contributed by atoms with E-state index in [1.165, 1.54) is 5.39 Å². The first kappa shape index (κ1) is 23.8. The molecule has 5 rings (SSSR count). The van der Waals surface area contributed by atoms with Crippen molar-refractivity contribution in [3.8, 4) is 17.0 Å². The van der Waals surface area contributed by atoms with E-state index in [9.17, 15) is 4.79 Å². The minimum Gasteiger partial charge on any atom is -0.484 e. The molecule has 4 aromatic rings. The summed E-state index contributed by atoms with van der Waals surface area (Å²) in [6, 6.07) is 18.2. The lowest BCUT2D eigenvalue weighted by Crippen LogP contribution is -2.42. The van der Waals surface area contributed by atoms with Gasteiger partial charge in [-0.1, -0.05) is 24.3 Å². The highest BCUT2D eigenvalue weighted by Crippen LogP contribution is 2.27. The molecule has 0 aliphatic carbocycles. The fourth-order valence-corrected chi connectivity index (χ4v) is 4.44. The van der Waals surface area contributed by atoms with Gasteiger partial charge in [0.2, 0.25) is 0 Å². The summed E-state index contributed by atoms with van der Waals surface area (Å²) in [6.45, 7) is 6.38. The summed E-state index contributed by atoms with van der Waals surface area (Å²) in [5.74, 6) is 2.10. The molecule has 1 N–H and O–H groups in total. The van der Waals surface area contributed by atoms with Gasteiger partial charge in [-0.05, 0) is 49.1 Å². The van der Waals surface area contributed by atoms with E-state index in [0.717, 1.165) is 28.2 Å². The van der Waals surface area contributed by atoms with Gasteiger partial charge < -0.3 is 24.3 Å². The Hall–Kier alpha value is -3.91. The van der Waals surface area contributed by atoms with Crippen LogP contribution >= 0.6 is 0 Å². The minimum absolute atomic E-state index is 0.0191. The maximum atomic E-state index is 12.4. The monoisotopic (exact) mass is 485 g/mol. The number of carbonyl (C=O) groups is 1. The molecule has 0 radical (unpaired) electrons. The average Bonchev–Trinajstić information content (AvgIpc) is 3.27. The highest BCUT2D eigenvalue weighted by atomic mass is 16.5. The lowest BCUT2D eigenvalue weighted by molar-refractivity contribution is -0.137. The molecule has 1 saturated heterocycles. The van der Waals surface area contributed by atoms with Crippen LogP contribution in [0, 0.1) is 6.92 Å². The van der Waals surface area contributed by atoms with Crippen LogP contribution in [0.15, 0.2) is 60.8 Å². The van der Waals surface area contributed by atoms with Crippen molar-refractivity contribution in [3.63, 3.8) is 0 Å². The molecule has 0 saturated carbocycles. The minimum atomic E-state index is -0.0269. The summed E-state index contributed by atoms with van der Waals surface area (Å²) in [5.41, 5.74) is 4.12. The van der Waals surface area contributed by atoms with Gasteiger partial charge in [0.15, 0.2) is 6.61 Å². The number of fused-ring (bicyclic) bond motifs is 1. The molecular weight excluding hydrogens is 454 g/mol. The second kappa shape index (κ2) is 10.4. The topological polar surface area (TPSA) is 81.5 Å². The number of nitrogens with one attached hydrogen (secondary N) is 1. The molecule has 0 bridgehead atoms. The maximum Gasteiger partial charge on any atom is 0.260 e. The Bertz CT molecular complexity index is 1380. The zero-order chi connectivity index (χ0) is 25.1. The van der Waals surface area contributed by atoms with Gasteiger partial charge >= 0.3 is 0 Å². The molecule has 1 atom stereocenters. The van der Waals surface area contributed by atoms with Crippen molar-refractivity contribution in [2.75, 3.05) is 38.2 Å². The number of aromatic nitrogens is 3. The van der Waals surface area contributed by atoms with Crippen molar-refractivity contribution in [1.29, 1.82) is 0 Å². The van der Waals surface area contributed by atoms with E-state index >= 15 is 0 Å². The Morgan fingerprint density at radius 1 is 1.11 bits per heavy atom. The maximum absolute atomic E-state index is 12.4. The Kier molecular flexibility index (Phi) is 6.86. The highest BCUT2D eigenvalue weighted by molar-refractivity contribution is 5.85. The molecule has 2 aromatic heterocycles. The SMILES string of the molecule is Cc1nc(NC(C)c2cccc(OCC(=O)N3CCOCC3)c2)cc(-c2ccc3ccn(C)c3c2)n1. The van der Waals surface area contributed by atoms with Crippen molar-refractivity contribution < 1.29 is 14.3 Å². The molecule has 186 valence electrons. The number of amides is 1. The summed E-state index contributed by atoms with van der Waals surface area (Å²) in [6.07, 6.45) is 2.06. The van der Waals surface area contributed by atoms with Crippen LogP contribution in [-0.4, -0.2) is 58.3 Å². The number of nitrogens with zero attached hydrogens (tertiary/aromatic N) is 4. The predicted molar refractivity (Wildman–Crippen MR) is 140 cm³/mol. The molecule has 0 spiro atoms. The number of hydrogen-bond donors (Lipinski definition) is 1. The van der Waals surface area contributed by atoms with E-state index in [2.05, 4.69) is 57.2 Å². The van der Waals surface area contributed by atoms with E-state index in [4.69, 9.17) is 9.47 Å². The van der Waals surface area contributed by atoms with Crippen LogP contribution in [0.4, 0.5) is 5.82 Å². The second-order valence-electron chi connectivity index (χ2n) is 9.11. The molecular formula is C28H31N5O3. The number of ether oxygens (including phenoxy) is 2. The van der Waals surface area contributed by atoms with Crippen LogP contribution in [0.25, 0.3) is 22.2 Å². The lowest BCUT2D eigenvalue weighted by Gasteiger charge is -2.26. The van der Waals surface area contributed by atoms with Crippen molar-refractivity contribution >= 4 is 22.6 Å². The standard InChI is InChI=1S/C28H31N5O3/c1-19(22-5-4-6-24(15-22)36-18-28(34)33-11-13-35-14-12-33)29-27-17-25(30-20(2)31-27)23-8-7-21-9-10-32(3)26(21)16-23/h4-10,15-17,19H,11-14,18H2,1-3H3,(H,29,30,31). The molecule has 8 nitrogen and oxygen atoms in total. The Morgan fingerprint density at radius 3 is 2.78 bits per heavy atom. The quantitative estimate of drug-likeness (QED) is 0.419. The third kappa shape index (κ3) is 5.33. The molecule has 1 fully saturated rings. The highest BCUT2D eigenvalue weighted by Gasteiger charge is 2.17. The first-order valence-electron chi connectivity index (χ1n) is 12.2. The van der Waals surface area contributed by atoms with Gasteiger partial charge in [-0.2, -0.15) is 0 Å². The van der Waals surface area contributed by atoms with Crippen LogP contribution < -0.4 is 10.1 Å². The fourth-order valence-electron chi connectivity index (χ4n) is 4.44. The Morgan fingerprint density at radius 2 is 1.94 bits per heavy atom. The molecule has 3 heterocycles. The van der Waals surface area contributed by atoms with Crippen LogP contribution in [0.3, 0.4) is 0 Å². The molecule has 1 aliphatic heterocycles. The number of benzene rings is 2. The van der Waals surface area contributed by atoms with E-state index < -0.39 is 0 Å².